The van der Waals surface area contributed by atoms with Crippen LogP contribution in [0.3, 0.4) is 0 Å². The number of furan rings is 1. The van der Waals surface area contributed by atoms with Gasteiger partial charge in [0.2, 0.25) is 0 Å². The van der Waals surface area contributed by atoms with Crippen LogP contribution < -0.4 is 5.32 Å². The molecule has 3 unspecified atom stereocenters. The molecule has 0 aliphatic heterocycles. The quantitative estimate of drug-likeness (QED) is 0.886. The highest BCUT2D eigenvalue weighted by Gasteiger charge is 2.25. The Labute approximate surface area is 113 Å². The molecule has 2 N–H and O–H groups in total. The molecule has 0 amide bonds. The average Bonchev–Trinajstić information content (AvgIpc) is 3.01. The lowest BCUT2D eigenvalue weighted by atomic mass is 10.1. The van der Waals surface area contributed by atoms with Crippen molar-refractivity contribution in [2.75, 3.05) is 6.54 Å². The van der Waals surface area contributed by atoms with E-state index in [9.17, 15) is 5.11 Å². The lowest BCUT2D eigenvalue weighted by Crippen LogP contribution is -2.29. The van der Waals surface area contributed by atoms with Gasteiger partial charge in [0.15, 0.2) is 0 Å². The van der Waals surface area contributed by atoms with Crippen molar-refractivity contribution in [3.63, 3.8) is 0 Å². The second-order valence-corrected chi connectivity index (χ2v) is 5.57. The fraction of sp³-hybridized carbons (Fsp3) is 0.500. The van der Waals surface area contributed by atoms with Crippen LogP contribution in [-0.4, -0.2) is 17.8 Å². The van der Waals surface area contributed by atoms with Gasteiger partial charge in [-0.1, -0.05) is 24.6 Å². The van der Waals surface area contributed by atoms with E-state index < -0.39 is 0 Å². The third-order valence-corrected chi connectivity index (χ3v) is 4.18. The molecular weight excluding hydrogens is 238 g/mol. The van der Waals surface area contributed by atoms with E-state index in [-0.39, 0.29) is 12.1 Å². The molecule has 1 aliphatic carbocycles. The summed E-state index contributed by atoms with van der Waals surface area (Å²) in [6, 6.07) is 10.3. The highest BCUT2D eigenvalue weighted by molar-refractivity contribution is 5.77. The molecule has 0 saturated heterocycles. The number of aliphatic hydroxyl groups is 1. The Morgan fingerprint density at radius 1 is 1.37 bits per heavy atom. The summed E-state index contributed by atoms with van der Waals surface area (Å²) in [6.07, 6.45) is 3.09. The van der Waals surface area contributed by atoms with E-state index in [4.69, 9.17) is 4.42 Å². The molecular formula is C16H21NO2. The number of rotatable bonds is 4. The van der Waals surface area contributed by atoms with E-state index in [2.05, 4.69) is 24.4 Å². The first-order chi connectivity index (χ1) is 9.24. The van der Waals surface area contributed by atoms with Crippen molar-refractivity contribution in [3.05, 3.63) is 36.1 Å². The zero-order chi connectivity index (χ0) is 13.2. The van der Waals surface area contributed by atoms with Crippen LogP contribution in [0.15, 0.2) is 34.7 Å². The molecule has 1 aromatic heterocycles. The van der Waals surface area contributed by atoms with Crippen molar-refractivity contribution >= 4 is 11.0 Å². The van der Waals surface area contributed by atoms with E-state index in [1.54, 1.807) is 0 Å². The molecule has 3 nitrogen and oxygen atoms in total. The largest absolute Gasteiger partial charge is 0.459 e. The third kappa shape index (κ3) is 2.67. The Bertz CT molecular complexity index is 515. The monoisotopic (exact) mass is 259 g/mol. The highest BCUT2D eigenvalue weighted by Crippen LogP contribution is 2.27. The molecule has 1 saturated carbocycles. The minimum atomic E-state index is -0.129. The molecule has 102 valence electrons. The summed E-state index contributed by atoms with van der Waals surface area (Å²) in [7, 11) is 0. The standard InChI is InChI=1S/C16H21NO2/c1-11(17-10-13-6-4-7-14(13)18)16-9-12-5-2-3-8-15(12)19-16/h2-3,5,8-9,11,13-14,17-18H,4,6-7,10H2,1H3. The van der Waals surface area contributed by atoms with Gasteiger partial charge >= 0.3 is 0 Å². The van der Waals surface area contributed by atoms with Crippen molar-refractivity contribution in [3.8, 4) is 0 Å². The van der Waals surface area contributed by atoms with Gasteiger partial charge in [0, 0.05) is 11.9 Å². The average molecular weight is 259 g/mol. The first-order valence-corrected chi connectivity index (χ1v) is 7.14. The Morgan fingerprint density at radius 3 is 2.95 bits per heavy atom. The zero-order valence-corrected chi connectivity index (χ0v) is 11.3. The molecule has 1 aromatic carbocycles. The molecule has 0 radical (unpaired) electrons. The van der Waals surface area contributed by atoms with Crippen molar-refractivity contribution < 1.29 is 9.52 Å². The van der Waals surface area contributed by atoms with E-state index in [0.29, 0.717) is 5.92 Å². The van der Waals surface area contributed by atoms with Gasteiger partial charge in [0.1, 0.15) is 11.3 Å². The normalized spacial score (nSPS) is 24.9. The van der Waals surface area contributed by atoms with Crippen LogP contribution in [0.4, 0.5) is 0 Å². The third-order valence-electron chi connectivity index (χ3n) is 4.18. The molecule has 1 fully saturated rings. The zero-order valence-electron chi connectivity index (χ0n) is 11.3. The smallest absolute Gasteiger partial charge is 0.134 e. The number of hydrogen-bond acceptors (Lipinski definition) is 3. The second kappa shape index (κ2) is 5.35. The van der Waals surface area contributed by atoms with Crippen LogP contribution in [-0.2, 0) is 0 Å². The van der Waals surface area contributed by atoms with Gasteiger partial charge in [-0.05, 0) is 37.8 Å². The van der Waals surface area contributed by atoms with Crippen LogP contribution in [0.25, 0.3) is 11.0 Å². The predicted octanol–water partition coefficient (Wildman–Crippen LogP) is 3.24. The molecule has 19 heavy (non-hydrogen) atoms. The maximum absolute atomic E-state index is 9.82. The van der Waals surface area contributed by atoms with Crippen molar-refractivity contribution in [2.24, 2.45) is 5.92 Å². The first-order valence-electron chi connectivity index (χ1n) is 7.14. The van der Waals surface area contributed by atoms with Crippen LogP contribution in [0, 0.1) is 5.92 Å². The molecule has 0 spiro atoms. The van der Waals surface area contributed by atoms with Crippen LogP contribution >= 0.6 is 0 Å². The van der Waals surface area contributed by atoms with Crippen LogP contribution in [0.5, 0.6) is 0 Å². The van der Waals surface area contributed by atoms with E-state index >= 15 is 0 Å². The molecule has 3 rings (SSSR count). The fourth-order valence-electron chi connectivity index (χ4n) is 2.90. The van der Waals surface area contributed by atoms with E-state index in [1.807, 2.05) is 18.2 Å². The molecule has 3 atom stereocenters. The van der Waals surface area contributed by atoms with Gasteiger partial charge in [-0.15, -0.1) is 0 Å². The van der Waals surface area contributed by atoms with E-state index in [0.717, 1.165) is 42.5 Å². The molecule has 0 bridgehead atoms. The van der Waals surface area contributed by atoms with Gasteiger partial charge < -0.3 is 14.8 Å². The van der Waals surface area contributed by atoms with Gasteiger partial charge in [-0.25, -0.2) is 0 Å². The maximum atomic E-state index is 9.82. The molecule has 2 aromatic rings. The Balaban J connectivity index is 1.64. The van der Waals surface area contributed by atoms with Gasteiger partial charge in [-0.3, -0.25) is 0 Å². The molecule has 1 heterocycles. The second-order valence-electron chi connectivity index (χ2n) is 5.57. The Kier molecular flexibility index (Phi) is 3.58. The number of hydrogen-bond donors (Lipinski definition) is 2. The SMILES string of the molecule is CC(NCC1CCCC1O)c1cc2ccccc2o1. The first kappa shape index (κ1) is 12.7. The minimum absolute atomic E-state index is 0.129. The fourth-order valence-corrected chi connectivity index (χ4v) is 2.90. The maximum Gasteiger partial charge on any atom is 0.134 e. The summed E-state index contributed by atoms with van der Waals surface area (Å²) in [5, 5.41) is 14.4. The highest BCUT2D eigenvalue weighted by atomic mass is 16.3. The van der Waals surface area contributed by atoms with E-state index in [1.165, 1.54) is 0 Å². The van der Waals surface area contributed by atoms with Gasteiger partial charge in [0.25, 0.3) is 0 Å². The summed E-state index contributed by atoms with van der Waals surface area (Å²) in [5.74, 6) is 1.36. The topological polar surface area (TPSA) is 45.4 Å². The number of aliphatic hydroxyl groups excluding tert-OH is 1. The number of para-hydroxylation sites is 1. The minimum Gasteiger partial charge on any atom is -0.459 e. The van der Waals surface area contributed by atoms with Gasteiger partial charge in [-0.2, -0.15) is 0 Å². The van der Waals surface area contributed by atoms with Crippen LogP contribution in [0.2, 0.25) is 0 Å². The van der Waals surface area contributed by atoms with Crippen molar-refractivity contribution in [2.45, 2.75) is 38.3 Å². The summed E-state index contributed by atoms with van der Waals surface area (Å²) in [5.41, 5.74) is 0.937. The number of fused-ring (bicyclic) bond motifs is 1. The molecule has 1 aliphatic rings. The van der Waals surface area contributed by atoms with Crippen molar-refractivity contribution in [1.29, 1.82) is 0 Å². The van der Waals surface area contributed by atoms with Gasteiger partial charge in [0.05, 0.1) is 12.1 Å². The summed E-state index contributed by atoms with van der Waals surface area (Å²) in [4.78, 5) is 0. The predicted molar refractivity (Wildman–Crippen MR) is 76.0 cm³/mol. The van der Waals surface area contributed by atoms with Crippen molar-refractivity contribution in [1.82, 2.24) is 5.32 Å². The van der Waals surface area contributed by atoms with Crippen LogP contribution in [0.1, 0.15) is 38.0 Å². The number of nitrogens with one attached hydrogen (secondary N) is 1. The lowest BCUT2D eigenvalue weighted by Gasteiger charge is -2.18. The summed E-state index contributed by atoms with van der Waals surface area (Å²) >= 11 is 0. The summed E-state index contributed by atoms with van der Waals surface area (Å²) < 4.78 is 5.85. The Morgan fingerprint density at radius 2 is 2.21 bits per heavy atom. The summed E-state index contributed by atoms with van der Waals surface area (Å²) in [6.45, 7) is 2.97. The lowest BCUT2D eigenvalue weighted by molar-refractivity contribution is 0.129. The Hall–Kier alpha value is -1.32. The number of benzene rings is 1. The molecule has 3 heteroatoms.